The van der Waals surface area contributed by atoms with Crippen molar-refractivity contribution in [2.75, 3.05) is 12.8 Å². The van der Waals surface area contributed by atoms with E-state index >= 15 is 0 Å². The molecule has 0 amide bonds. The van der Waals surface area contributed by atoms with Gasteiger partial charge in [0.05, 0.1) is 0 Å². The van der Waals surface area contributed by atoms with E-state index in [9.17, 15) is 0 Å². The van der Waals surface area contributed by atoms with Crippen LogP contribution in [0.4, 0.5) is 0 Å². The number of nitrogens with one attached hydrogen (secondary N) is 1. The van der Waals surface area contributed by atoms with Gasteiger partial charge in [0, 0.05) is 10.9 Å². The number of rotatable bonds is 5. The SMILES string of the molecule is CCNC(c1ccccc1SC)C1CCC1. The molecule has 1 nitrogen and oxygen atoms in total. The third-order valence-electron chi connectivity index (χ3n) is 3.52. The highest BCUT2D eigenvalue weighted by Crippen LogP contribution is 2.40. The predicted octanol–water partition coefficient (Wildman–Crippen LogP) is 3.86. The van der Waals surface area contributed by atoms with Gasteiger partial charge in [0.2, 0.25) is 0 Å². The van der Waals surface area contributed by atoms with Crippen molar-refractivity contribution in [1.82, 2.24) is 5.32 Å². The largest absolute Gasteiger partial charge is 0.310 e. The van der Waals surface area contributed by atoms with Gasteiger partial charge < -0.3 is 5.32 Å². The summed E-state index contributed by atoms with van der Waals surface area (Å²) in [4.78, 5) is 1.43. The van der Waals surface area contributed by atoms with E-state index in [0.717, 1.165) is 12.5 Å². The van der Waals surface area contributed by atoms with E-state index in [-0.39, 0.29) is 0 Å². The molecule has 0 radical (unpaired) electrons. The molecule has 0 bridgehead atoms. The molecule has 1 N–H and O–H groups in total. The zero-order valence-corrected chi connectivity index (χ0v) is 11.0. The summed E-state index contributed by atoms with van der Waals surface area (Å²) < 4.78 is 0. The molecule has 2 rings (SSSR count). The van der Waals surface area contributed by atoms with E-state index in [1.807, 2.05) is 11.8 Å². The van der Waals surface area contributed by atoms with Crippen molar-refractivity contribution in [2.24, 2.45) is 5.92 Å². The fraction of sp³-hybridized carbons (Fsp3) is 0.571. The van der Waals surface area contributed by atoms with Crippen LogP contribution in [-0.4, -0.2) is 12.8 Å². The standard InChI is InChI=1S/C14H21NS/c1-3-15-14(11-7-6-8-11)12-9-4-5-10-13(12)16-2/h4-5,9-11,14-15H,3,6-8H2,1-2H3. The van der Waals surface area contributed by atoms with Crippen molar-refractivity contribution >= 4 is 11.8 Å². The number of hydrogen-bond acceptors (Lipinski definition) is 2. The summed E-state index contributed by atoms with van der Waals surface area (Å²) in [6.45, 7) is 3.26. The Bertz CT molecular complexity index is 333. The maximum atomic E-state index is 3.66. The first kappa shape index (κ1) is 12.0. The maximum absolute atomic E-state index is 3.66. The summed E-state index contributed by atoms with van der Waals surface area (Å²) in [7, 11) is 0. The highest BCUT2D eigenvalue weighted by molar-refractivity contribution is 7.98. The van der Waals surface area contributed by atoms with Crippen LogP contribution < -0.4 is 5.32 Å². The van der Waals surface area contributed by atoms with Gasteiger partial charge in [-0.2, -0.15) is 0 Å². The quantitative estimate of drug-likeness (QED) is 0.778. The molecule has 1 atom stereocenters. The minimum Gasteiger partial charge on any atom is -0.310 e. The second kappa shape index (κ2) is 5.74. The first-order valence-electron chi connectivity index (χ1n) is 6.23. The molecule has 88 valence electrons. The predicted molar refractivity (Wildman–Crippen MR) is 72.0 cm³/mol. The Hall–Kier alpha value is -0.470. The molecule has 0 saturated heterocycles. The molecule has 1 unspecified atom stereocenters. The Morgan fingerprint density at radius 2 is 2.12 bits per heavy atom. The monoisotopic (exact) mass is 235 g/mol. The summed E-state index contributed by atoms with van der Waals surface area (Å²) in [5.74, 6) is 0.855. The average Bonchev–Trinajstić information content (AvgIpc) is 2.26. The van der Waals surface area contributed by atoms with Crippen LogP contribution in [0.2, 0.25) is 0 Å². The van der Waals surface area contributed by atoms with Crippen molar-refractivity contribution in [2.45, 2.75) is 37.1 Å². The first-order valence-corrected chi connectivity index (χ1v) is 7.45. The smallest absolute Gasteiger partial charge is 0.0359 e. The highest BCUT2D eigenvalue weighted by Gasteiger charge is 2.28. The fourth-order valence-corrected chi connectivity index (χ4v) is 3.09. The third kappa shape index (κ3) is 2.44. The van der Waals surface area contributed by atoms with Crippen LogP contribution in [0.15, 0.2) is 29.2 Å². The van der Waals surface area contributed by atoms with Crippen LogP contribution in [0.3, 0.4) is 0 Å². The number of thioether (sulfide) groups is 1. The van der Waals surface area contributed by atoms with Gasteiger partial charge in [-0.05, 0) is 43.2 Å². The average molecular weight is 235 g/mol. The van der Waals surface area contributed by atoms with Crippen molar-refractivity contribution in [3.63, 3.8) is 0 Å². The van der Waals surface area contributed by atoms with Gasteiger partial charge in [-0.3, -0.25) is 0 Å². The summed E-state index contributed by atoms with van der Waals surface area (Å²) in [6, 6.07) is 9.40. The van der Waals surface area contributed by atoms with Crippen LogP contribution in [0, 0.1) is 5.92 Å². The summed E-state index contributed by atoms with van der Waals surface area (Å²) in [5.41, 5.74) is 1.50. The molecular weight excluding hydrogens is 214 g/mol. The molecular formula is C14H21NS. The van der Waals surface area contributed by atoms with Crippen LogP contribution in [0.1, 0.15) is 37.8 Å². The minimum absolute atomic E-state index is 0.572. The Morgan fingerprint density at radius 3 is 2.69 bits per heavy atom. The number of benzene rings is 1. The molecule has 2 heteroatoms. The lowest BCUT2D eigenvalue weighted by molar-refractivity contribution is 0.231. The van der Waals surface area contributed by atoms with E-state index in [4.69, 9.17) is 0 Å². The molecule has 0 aromatic heterocycles. The third-order valence-corrected chi connectivity index (χ3v) is 4.33. The topological polar surface area (TPSA) is 12.0 Å². The summed E-state index contributed by atoms with van der Waals surface area (Å²) in [6.07, 6.45) is 6.36. The molecule has 16 heavy (non-hydrogen) atoms. The van der Waals surface area contributed by atoms with Gasteiger partial charge in [-0.1, -0.05) is 31.5 Å². The second-order valence-corrected chi connectivity index (χ2v) is 5.32. The maximum Gasteiger partial charge on any atom is 0.0359 e. The Labute approximate surface area is 103 Å². The molecule has 1 aliphatic carbocycles. The lowest BCUT2D eigenvalue weighted by Crippen LogP contribution is -2.32. The van der Waals surface area contributed by atoms with Gasteiger partial charge in [0.15, 0.2) is 0 Å². The van der Waals surface area contributed by atoms with Crippen molar-refractivity contribution < 1.29 is 0 Å². The molecule has 0 heterocycles. The minimum atomic E-state index is 0.572. The molecule has 0 aliphatic heterocycles. The van der Waals surface area contributed by atoms with Crippen LogP contribution >= 0.6 is 11.8 Å². The fourth-order valence-electron chi connectivity index (χ4n) is 2.45. The molecule has 1 saturated carbocycles. The van der Waals surface area contributed by atoms with E-state index < -0.39 is 0 Å². The Kier molecular flexibility index (Phi) is 4.30. The lowest BCUT2D eigenvalue weighted by Gasteiger charge is -2.35. The van der Waals surface area contributed by atoms with Gasteiger partial charge in [-0.25, -0.2) is 0 Å². The molecule has 0 spiro atoms. The first-order chi connectivity index (χ1) is 7.86. The summed E-state index contributed by atoms with van der Waals surface area (Å²) >= 11 is 1.86. The molecule has 1 aromatic carbocycles. The van der Waals surface area contributed by atoms with Gasteiger partial charge in [-0.15, -0.1) is 11.8 Å². The highest BCUT2D eigenvalue weighted by atomic mass is 32.2. The van der Waals surface area contributed by atoms with Gasteiger partial charge >= 0.3 is 0 Å². The Balaban J connectivity index is 2.22. The van der Waals surface area contributed by atoms with Crippen LogP contribution in [0.5, 0.6) is 0 Å². The Morgan fingerprint density at radius 1 is 1.38 bits per heavy atom. The van der Waals surface area contributed by atoms with Crippen LogP contribution in [0.25, 0.3) is 0 Å². The molecule has 1 aromatic rings. The lowest BCUT2D eigenvalue weighted by atomic mass is 9.77. The van der Waals surface area contributed by atoms with E-state index in [1.165, 1.54) is 29.7 Å². The zero-order chi connectivity index (χ0) is 11.4. The molecule has 1 aliphatic rings. The molecule has 1 fully saturated rings. The van der Waals surface area contributed by atoms with E-state index in [1.54, 1.807) is 0 Å². The zero-order valence-electron chi connectivity index (χ0n) is 10.2. The second-order valence-electron chi connectivity index (χ2n) is 4.47. The normalized spacial score (nSPS) is 18.1. The van der Waals surface area contributed by atoms with Gasteiger partial charge in [0.1, 0.15) is 0 Å². The van der Waals surface area contributed by atoms with Crippen molar-refractivity contribution in [3.8, 4) is 0 Å². The van der Waals surface area contributed by atoms with E-state index in [2.05, 4.69) is 42.8 Å². The summed E-state index contributed by atoms with van der Waals surface area (Å²) in [5, 5.41) is 3.66. The van der Waals surface area contributed by atoms with Crippen LogP contribution in [-0.2, 0) is 0 Å². The number of hydrogen-bond donors (Lipinski definition) is 1. The van der Waals surface area contributed by atoms with Gasteiger partial charge in [0.25, 0.3) is 0 Å². The van der Waals surface area contributed by atoms with Crippen molar-refractivity contribution in [3.05, 3.63) is 29.8 Å². The van der Waals surface area contributed by atoms with Crippen molar-refractivity contribution in [1.29, 1.82) is 0 Å². The van der Waals surface area contributed by atoms with E-state index in [0.29, 0.717) is 6.04 Å².